The van der Waals surface area contributed by atoms with Gasteiger partial charge in [0.05, 0.1) is 19.3 Å². The van der Waals surface area contributed by atoms with Gasteiger partial charge in [0.25, 0.3) is 0 Å². The Labute approximate surface area is 197 Å². The fraction of sp³-hybridized carbons (Fsp3) is 0.450. The quantitative estimate of drug-likeness (QED) is 0.121. The van der Waals surface area contributed by atoms with Crippen LogP contribution in [0.1, 0.15) is 35.5 Å². The molecule has 1 aromatic carbocycles. The largest absolute Gasteiger partial charge is 0.497 e. The fourth-order valence-corrected chi connectivity index (χ4v) is 4.13. The van der Waals surface area contributed by atoms with Crippen LogP contribution in [0, 0.1) is 6.92 Å². The summed E-state index contributed by atoms with van der Waals surface area (Å²) in [5.41, 5.74) is 7.99. The van der Waals surface area contributed by atoms with E-state index in [0.29, 0.717) is 23.5 Å². The van der Waals surface area contributed by atoms with E-state index in [9.17, 15) is 9.59 Å². The Balaban J connectivity index is 1.90. The van der Waals surface area contributed by atoms with E-state index >= 15 is 0 Å². The number of benzene rings is 1. The highest BCUT2D eigenvalue weighted by molar-refractivity contribution is 14.1. The van der Waals surface area contributed by atoms with E-state index in [1.807, 2.05) is 22.6 Å². The number of rotatable bonds is 8. The van der Waals surface area contributed by atoms with Crippen molar-refractivity contribution in [1.82, 2.24) is 9.55 Å². The molecule has 2 heterocycles. The number of aromatic nitrogens is 2. The normalized spacial score (nSPS) is 22.1. The standard InChI is InChI=1S/C20H22IN5O6/c1-4-30-17-12(2)10-26(19(28)23-17)16-9-15(20(11-21,32-16)24-25-22)31-18(27)13-5-7-14(29-3)8-6-13/h5-8,10,15-16H,4,9,11H2,1-3H3/t15-,16+,20+/m0/s1. The van der Waals surface area contributed by atoms with Crippen molar-refractivity contribution in [1.29, 1.82) is 0 Å². The molecule has 0 radical (unpaired) electrons. The number of ether oxygens (including phenoxy) is 4. The Hall–Kier alpha value is -2.83. The van der Waals surface area contributed by atoms with Gasteiger partial charge in [0.15, 0.2) is 5.72 Å². The van der Waals surface area contributed by atoms with Gasteiger partial charge in [-0.2, -0.15) is 4.98 Å². The van der Waals surface area contributed by atoms with Crippen LogP contribution >= 0.6 is 22.6 Å². The van der Waals surface area contributed by atoms with Gasteiger partial charge in [-0.05, 0) is 43.6 Å². The molecule has 0 saturated carbocycles. The average molecular weight is 555 g/mol. The second kappa shape index (κ2) is 10.2. The number of hydrogen-bond donors (Lipinski definition) is 0. The van der Waals surface area contributed by atoms with Gasteiger partial charge < -0.3 is 18.9 Å². The number of hydrogen-bond acceptors (Lipinski definition) is 8. The molecule has 3 atom stereocenters. The number of carbonyl (C=O) groups is 1. The van der Waals surface area contributed by atoms with Crippen LogP contribution in [0.4, 0.5) is 0 Å². The number of carbonyl (C=O) groups excluding carboxylic acids is 1. The summed E-state index contributed by atoms with van der Waals surface area (Å²) in [4.78, 5) is 32.2. The Morgan fingerprint density at radius 3 is 2.75 bits per heavy atom. The van der Waals surface area contributed by atoms with E-state index in [4.69, 9.17) is 24.5 Å². The van der Waals surface area contributed by atoms with Gasteiger partial charge in [-0.15, -0.1) is 0 Å². The molecule has 1 fully saturated rings. The molecule has 0 amide bonds. The zero-order chi connectivity index (χ0) is 23.3. The highest BCUT2D eigenvalue weighted by Gasteiger charge is 2.51. The van der Waals surface area contributed by atoms with Gasteiger partial charge in [-0.1, -0.05) is 27.7 Å². The van der Waals surface area contributed by atoms with Crippen molar-refractivity contribution in [3.63, 3.8) is 0 Å². The first-order valence-corrected chi connectivity index (χ1v) is 11.3. The number of nitrogens with zero attached hydrogens (tertiary/aromatic N) is 5. The first kappa shape index (κ1) is 23.8. The summed E-state index contributed by atoms with van der Waals surface area (Å²) in [6.07, 6.45) is -0.113. The summed E-state index contributed by atoms with van der Waals surface area (Å²) in [5, 5.41) is 3.80. The molecule has 2 aromatic rings. The van der Waals surface area contributed by atoms with Crippen LogP contribution in [0.15, 0.2) is 40.4 Å². The molecule has 11 nitrogen and oxygen atoms in total. The van der Waals surface area contributed by atoms with Crippen molar-refractivity contribution in [2.24, 2.45) is 5.11 Å². The van der Waals surface area contributed by atoms with Crippen LogP contribution in [0.2, 0.25) is 0 Å². The van der Waals surface area contributed by atoms with Crippen LogP contribution in [0.5, 0.6) is 11.6 Å². The number of esters is 1. The van der Waals surface area contributed by atoms with E-state index in [1.54, 1.807) is 44.3 Å². The number of halogens is 1. The maximum absolute atomic E-state index is 12.7. The Kier molecular flexibility index (Phi) is 7.59. The Bertz CT molecular complexity index is 1080. The predicted octanol–water partition coefficient (Wildman–Crippen LogP) is 3.55. The molecule has 12 heteroatoms. The van der Waals surface area contributed by atoms with E-state index in [2.05, 4.69) is 15.0 Å². The zero-order valence-electron chi connectivity index (χ0n) is 17.7. The van der Waals surface area contributed by atoms with Crippen molar-refractivity contribution in [2.45, 2.75) is 38.3 Å². The SMILES string of the molecule is CCOc1nc(=O)n([C@H]2C[C@H](OC(=O)c3ccc(OC)cc3)[C@](CI)(N=[N+]=[N-])O2)cc1C. The zero-order valence-corrected chi connectivity index (χ0v) is 19.9. The third kappa shape index (κ3) is 4.81. The number of methoxy groups -OCH3 is 1. The number of azide groups is 1. The molecule has 1 aromatic heterocycles. The maximum Gasteiger partial charge on any atom is 0.352 e. The van der Waals surface area contributed by atoms with Crippen LogP contribution in [-0.4, -0.2) is 45.5 Å². The molecule has 0 spiro atoms. The van der Waals surface area contributed by atoms with Gasteiger partial charge in [-0.25, -0.2) is 9.59 Å². The Morgan fingerprint density at radius 1 is 1.44 bits per heavy atom. The Morgan fingerprint density at radius 2 is 2.16 bits per heavy atom. The van der Waals surface area contributed by atoms with E-state index in [0.717, 1.165) is 0 Å². The summed E-state index contributed by atoms with van der Waals surface area (Å²) in [7, 11) is 1.53. The third-order valence-corrected chi connectivity index (χ3v) is 6.01. The van der Waals surface area contributed by atoms with Gasteiger partial charge in [-0.3, -0.25) is 4.57 Å². The topological polar surface area (TPSA) is 138 Å². The summed E-state index contributed by atoms with van der Waals surface area (Å²) in [5.74, 6) is 0.223. The summed E-state index contributed by atoms with van der Waals surface area (Å²) in [6.45, 7) is 3.92. The minimum atomic E-state index is -1.48. The lowest BCUT2D eigenvalue weighted by Gasteiger charge is -2.27. The molecular weight excluding hydrogens is 533 g/mol. The lowest BCUT2D eigenvalue weighted by Crippen LogP contribution is -2.41. The molecule has 32 heavy (non-hydrogen) atoms. The van der Waals surface area contributed by atoms with E-state index < -0.39 is 29.7 Å². The molecule has 0 unspecified atom stereocenters. The predicted molar refractivity (Wildman–Crippen MR) is 122 cm³/mol. The minimum absolute atomic E-state index is 0.0962. The molecule has 0 N–H and O–H groups in total. The molecule has 1 aliphatic rings. The molecule has 3 rings (SSSR count). The van der Waals surface area contributed by atoms with Crippen molar-refractivity contribution in [3.05, 3.63) is 62.5 Å². The monoisotopic (exact) mass is 555 g/mol. The lowest BCUT2D eigenvalue weighted by molar-refractivity contribution is -0.0866. The van der Waals surface area contributed by atoms with Crippen molar-refractivity contribution in [2.75, 3.05) is 18.1 Å². The lowest BCUT2D eigenvalue weighted by atomic mass is 10.1. The van der Waals surface area contributed by atoms with Crippen LogP contribution in [-0.2, 0) is 9.47 Å². The summed E-state index contributed by atoms with van der Waals surface area (Å²) >= 11 is 1.99. The number of alkyl halides is 1. The van der Waals surface area contributed by atoms with Gasteiger partial charge in [0, 0.05) is 27.5 Å². The first-order valence-electron chi connectivity index (χ1n) is 9.75. The van der Waals surface area contributed by atoms with E-state index in [-0.39, 0.29) is 16.7 Å². The molecule has 1 saturated heterocycles. The second-order valence-electron chi connectivity index (χ2n) is 6.95. The van der Waals surface area contributed by atoms with Crippen LogP contribution < -0.4 is 15.2 Å². The van der Waals surface area contributed by atoms with Gasteiger partial charge in [0.2, 0.25) is 5.88 Å². The molecule has 0 bridgehead atoms. The maximum atomic E-state index is 12.7. The molecule has 0 aliphatic carbocycles. The highest BCUT2D eigenvalue weighted by Crippen LogP contribution is 2.41. The van der Waals surface area contributed by atoms with E-state index in [1.165, 1.54) is 11.7 Å². The van der Waals surface area contributed by atoms with Crippen molar-refractivity contribution < 1.29 is 23.7 Å². The number of aryl methyl sites for hydroxylation is 1. The van der Waals surface area contributed by atoms with Gasteiger partial charge in [0.1, 0.15) is 18.1 Å². The molecule has 170 valence electrons. The fourth-order valence-electron chi connectivity index (χ4n) is 3.31. The molecular formula is C20H22IN5O6. The highest BCUT2D eigenvalue weighted by atomic mass is 127. The molecule has 1 aliphatic heterocycles. The third-order valence-electron chi connectivity index (χ3n) is 4.92. The van der Waals surface area contributed by atoms with Crippen LogP contribution in [0.25, 0.3) is 10.4 Å². The smallest absolute Gasteiger partial charge is 0.352 e. The second-order valence-corrected chi connectivity index (χ2v) is 7.71. The first-order chi connectivity index (χ1) is 15.4. The van der Waals surface area contributed by atoms with Gasteiger partial charge >= 0.3 is 11.7 Å². The minimum Gasteiger partial charge on any atom is -0.497 e. The van der Waals surface area contributed by atoms with Crippen molar-refractivity contribution in [3.8, 4) is 11.6 Å². The van der Waals surface area contributed by atoms with Crippen molar-refractivity contribution >= 4 is 28.6 Å². The average Bonchev–Trinajstić information content (AvgIpc) is 3.14. The summed E-state index contributed by atoms with van der Waals surface area (Å²) < 4.78 is 23.6. The summed E-state index contributed by atoms with van der Waals surface area (Å²) in [6, 6.07) is 6.41. The van der Waals surface area contributed by atoms with Crippen LogP contribution in [0.3, 0.4) is 0 Å².